The summed E-state index contributed by atoms with van der Waals surface area (Å²) in [7, 11) is 0. The van der Waals surface area contributed by atoms with Crippen molar-refractivity contribution in [2.75, 3.05) is 0 Å². The Balaban J connectivity index is 1.26. The summed E-state index contributed by atoms with van der Waals surface area (Å²) in [5.74, 6) is 1.81. The molecule has 13 aromatic rings. The van der Waals surface area contributed by atoms with Crippen LogP contribution in [0, 0.1) is 0 Å². The Morgan fingerprint density at radius 2 is 0.698 bits per heavy atom. The van der Waals surface area contributed by atoms with E-state index in [2.05, 4.69) is 196 Å². The number of nitrogens with zero attached hydrogens (tertiary/aromatic N) is 6. The van der Waals surface area contributed by atoms with Gasteiger partial charge in [0, 0.05) is 54.8 Å². The van der Waals surface area contributed by atoms with Gasteiger partial charge in [-0.25, -0.2) is 15.0 Å². The number of aromatic nitrogens is 6. The number of hydrogen-bond acceptors (Lipinski definition) is 3. The number of rotatable bonds is 6. The van der Waals surface area contributed by atoms with Crippen LogP contribution in [0.5, 0.6) is 0 Å². The summed E-state index contributed by atoms with van der Waals surface area (Å²) in [6.45, 7) is 0. The summed E-state index contributed by atoms with van der Waals surface area (Å²) in [6.07, 6.45) is 0. The first-order chi connectivity index (χ1) is 31.3. The van der Waals surface area contributed by atoms with E-state index in [9.17, 15) is 0 Å². The average molecular weight is 805 g/mol. The van der Waals surface area contributed by atoms with Gasteiger partial charge in [-0.2, -0.15) is 0 Å². The van der Waals surface area contributed by atoms with Gasteiger partial charge >= 0.3 is 0 Å². The lowest BCUT2D eigenvalue weighted by atomic mass is 10.0. The van der Waals surface area contributed by atoms with Crippen molar-refractivity contribution < 1.29 is 0 Å². The predicted molar refractivity (Wildman–Crippen MR) is 259 cm³/mol. The molecular weight excluding hydrogens is 769 g/mol. The van der Waals surface area contributed by atoms with Gasteiger partial charge in [-0.05, 0) is 54.6 Å². The maximum absolute atomic E-state index is 5.49. The lowest BCUT2D eigenvalue weighted by Gasteiger charge is -2.18. The van der Waals surface area contributed by atoms with Gasteiger partial charge in [0.1, 0.15) is 0 Å². The zero-order valence-corrected chi connectivity index (χ0v) is 34.0. The first-order valence-electron chi connectivity index (χ1n) is 21.3. The van der Waals surface area contributed by atoms with Gasteiger partial charge in [-0.15, -0.1) is 0 Å². The molecule has 0 aliphatic heterocycles. The van der Waals surface area contributed by atoms with Gasteiger partial charge in [-0.3, -0.25) is 0 Å². The summed E-state index contributed by atoms with van der Waals surface area (Å²) in [6, 6.07) is 77.3. The maximum Gasteiger partial charge on any atom is 0.168 e. The molecular formula is C57H36N6. The molecule has 6 nitrogen and oxygen atoms in total. The van der Waals surface area contributed by atoms with Crippen molar-refractivity contribution in [3.05, 3.63) is 218 Å². The third-order valence-corrected chi connectivity index (χ3v) is 12.5. The standard InChI is InChI=1S/C57H36N6/c1-5-19-37(20-6-1)55-58-56(38-21-7-2-8-22-38)60-57(59-55)52-50(36-34-44-41-27-13-16-30-46(41)62(54(44)52)40-25-11-4-12-26-40)63-47-31-17-14-28-42(47)43-33-35-49-51(53(43)63)45-29-15-18-32-48(45)61(49)39-23-9-3-10-24-39/h1-36H. The summed E-state index contributed by atoms with van der Waals surface area (Å²) in [4.78, 5) is 16.1. The van der Waals surface area contributed by atoms with Crippen molar-refractivity contribution in [2.24, 2.45) is 0 Å². The summed E-state index contributed by atoms with van der Waals surface area (Å²) in [5, 5.41) is 6.98. The van der Waals surface area contributed by atoms with Crippen molar-refractivity contribution in [1.29, 1.82) is 0 Å². The van der Waals surface area contributed by atoms with E-state index >= 15 is 0 Å². The maximum atomic E-state index is 5.49. The first-order valence-corrected chi connectivity index (χ1v) is 21.3. The Hall–Kier alpha value is -8.61. The van der Waals surface area contributed by atoms with E-state index in [0.29, 0.717) is 17.5 Å². The highest BCUT2D eigenvalue weighted by Crippen LogP contribution is 2.46. The van der Waals surface area contributed by atoms with E-state index in [1.165, 1.54) is 21.5 Å². The van der Waals surface area contributed by atoms with Crippen LogP contribution in [0.4, 0.5) is 0 Å². The minimum Gasteiger partial charge on any atom is -0.309 e. The summed E-state index contributed by atoms with van der Waals surface area (Å²) >= 11 is 0. The highest BCUT2D eigenvalue weighted by molar-refractivity contribution is 6.27. The Bertz CT molecular complexity index is 3830. The predicted octanol–water partition coefficient (Wildman–Crippen LogP) is 14.2. The average Bonchev–Trinajstić information content (AvgIpc) is 4.00. The minimum atomic E-state index is 0.591. The van der Waals surface area contributed by atoms with E-state index < -0.39 is 0 Å². The molecule has 0 amide bonds. The molecule has 6 heteroatoms. The number of benzene rings is 9. The van der Waals surface area contributed by atoms with E-state index in [-0.39, 0.29) is 0 Å². The Kier molecular flexibility index (Phi) is 7.80. The molecule has 0 bridgehead atoms. The zero-order valence-electron chi connectivity index (χ0n) is 34.0. The molecule has 0 radical (unpaired) electrons. The molecule has 0 aliphatic rings. The van der Waals surface area contributed by atoms with Gasteiger partial charge < -0.3 is 13.7 Å². The molecule has 0 saturated carbocycles. The second-order valence-corrected chi connectivity index (χ2v) is 16.0. The Labute approximate surface area is 362 Å². The fourth-order valence-corrected chi connectivity index (χ4v) is 9.83. The topological polar surface area (TPSA) is 53.5 Å². The van der Waals surface area contributed by atoms with E-state index in [1.807, 2.05) is 36.4 Å². The minimum absolute atomic E-state index is 0.591. The molecule has 0 spiro atoms. The molecule has 63 heavy (non-hydrogen) atoms. The number of fused-ring (bicyclic) bond motifs is 10. The zero-order chi connectivity index (χ0) is 41.4. The molecule has 4 heterocycles. The van der Waals surface area contributed by atoms with Crippen LogP contribution in [0.25, 0.3) is 117 Å². The number of para-hydroxylation sites is 5. The van der Waals surface area contributed by atoms with Gasteiger partial charge in [0.25, 0.3) is 0 Å². The van der Waals surface area contributed by atoms with Crippen molar-refractivity contribution in [2.45, 2.75) is 0 Å². The second kappa shape index (κ2) is 14.0. The van der Waals surface area contributed by atoms with Crippen LogP contribution in [0.15, 0.2) is 218 Å². The fourth-order valence-electron chi connectivity index (χ4n) is 9.83. The normalized spacial score (nSPS) is 11.8. The molecule has 0 N–H and O–H groups in total. The fraction of sp³-hybridized carbons (Fsp3) is 0. The van der Waals surface area contributed by atoms with Crippen LogP contribution < -0.4 is 0 Å². The van der Waals surface area contributed by atoms with Crippen LogP contribution in [-0.2, 0) is 0 Å². The first kappa shape index (κ1) is 35.2. The van der Waals surface area contributed by atoms with Crippen LogP contribution in [0.3, 0.4) is 0 Å². The smallest absolute Gasteiger partial charge is 0.168 e. The van der Waals surface area contributed by atoms with E-state index in [4.69, 9.17) is 15.0 Å². The van der Waals surface area contributed by atoms with E-state index in [0.717, 1.165) is 77.6 Å². The molecule has 9 aromatic carbocycles. The summed E-state index contributed by atoms with van der Waals surface area (Å²) < 4.78 is 7.26. The van der Waals surface area contributed by atoms with Crippen molar-refractivity contribution in [1.82, 2.24) is 28.7 Å². The van der Waals surface area contributed by atoms with Gasteiger partial charge in [0.05, 0.1) is 44.4 Å². The third kappa shape index (κ3) is 5.35. The quantitative estimate of drug-likeness (QED) is 0.168. The van der Waals surface area contributed by atoms with Crippen molar-refractivity contribution >= 4 is 65.4 Å². The molecule has 0 saturated heterocycles. The second-order valence-electron chi connectivity index (χ2n) is 16.0. The largest absolute Gasteiger partial charge is 0.309 e. The van der Waals surface area contributed by atoms with Crippen LogP contribution >= 0.6 is 0 Å². The molecule has 0 unspecified atom stereocenters. The number of hydrogen-bond donors (Lipinski definition) is 0. The lowest BCUT2D eigenvalue weighted by Crippen LogP contribution is -2.06. The monoisotopic (exact) mass is 804 g/mol. The molecule has 0 atom stereocenters. The van der Waals surface area contributed by atoms with E-state index in [1.54, 1.807) is 0 Å². The van der Waals surface area contributed by atoms with Gasteiger partial charge in [0.15, 0.2) is 17.5 Å². The van der Waals surface area contributed by atoms with Crippen molar-refractivity contribution in [3.63, 3.8) is 0 Å². The molecule has 294 valence electrons. The van der Waals surface area contributed by atoms with Gasteiger partial charge in [0.2, 0.25) is 0 Å². The molecule has 0 fully saturated rings. The SMILES string of the molecule is c1ccc(-c2nc(-c3ccccc3)nc(-c3c(-n4c5ccccc5c5ccc6c(c7ccccc7n6-c6ccccc6)c54)ccc4c5ccccc5n(-c5ccccc5)c34)n2)cc1. The van der Waals surface area contributed by atoms with Crippen molar-refractivity contribution in [3.8, 4) is 51.2 Å². The van der Waals surface area contributed by atoms with Crippen LogP contribution in [0.2, 0.25) is 0 Å². The highest BCUT2D eigenvalue weighted by atomic mass is 15.1. The summed E-state index contributed by atoms with van der Waals surface area (Å²) in [5.41, 5.74) is 12.5. The van der Waals surface area contributed by atoms with Gasteiger partial charge in [-0.1, -0.05) is 164 Å². The lowest BCUT2D eigenvalue weighted by molar-refractivity contribution is 1.06. The van der Waals surface area contributed by atoms with Crippen LogP contribution in [0.1, 0.15) is 0 Å². The third-order valence-electron chi connectivity index (χ3n) is 12.5. The Morgan fingerprint density at radius 1 is 0.270 bits per heavy atom. The highest BCUT2D eigenvalue weighted by Gasteiger charge is 2.27. The molecule has 4 aromatic heterocycles. The molecule has 13 rings (SSSR count). The molecule has 0 aliphatic carbocycles. The Morgan fingerprint density at radius 3 is 1.29 bits per heavy atom. The van der Waals surface area contributed by atoms with Crippen LogP contribution in [-0.4, -0.2) is 28.7 Å².